The third kappa shape index (κ3) is 3.69. The van der Waals surface area contributed by atoms with E-state index < -0.39 is 12.1 Å². The quantitative estimate of drug-likeness (QED) is 0.633. The first-order valence-corrected chi connectivity index (χ1v) is 4.21. The third-order valence-corrected chi connectivity index (χ3v) is 1.76. The van der Waals surface area contributed by atoms with Crippen LogP contribution >= 0.6 is 0 Å². The van der Waals surface area contributed by atoms with E-state index in [1.807, 2.05) is 13.8 Å². The molecule has 0 heterocycles. The van der Waals surface area contributed by atoms with Crippen molar-refractivity contribution in [2.45, 2.75) is 45.8 Å². The van der Waals surface area contributed by atoms with Gasteiger partial charge in [-0.3, -0.25) is 0 Å². The van der Waals surface area contributed by atoms with Gasteiger partial charge in [-0.15, -0.1) is 0 Å². The second kappa shape index (κ2) is 5.97. The summed E-state index contributed by atoms with van der Waals surface area (Å²) in [6.07, 6.45) is 1.32. The van der Waals surface area contributed by atoms with Gasteiger partial charge in [0.25, 0.3) is 0 Å². The molecule has 12 heavy (non-hydrogen) atoms. The van der Waals surface area contributed by atoms with Crippen LogP contribution in [-0.4, -0.2) is 18.2 Å². The zero-order valence-corrected chi connectivity index (χ0v) is 7.87. The Hall–Kier alpha value is -0.610. The second-order valence-corrected chi connectivity index (χ2v) is 2.65. The molecule has 0 rings (SSSR count). The molecule has 72 valence electrons. The monoisotopic (exact) mass is 175 g/mol. The van der Waals surface area contributed by atoms with Crippen LogP contribution in [0.3, 0.4) is 0 Å². The molecule has 0 bridgehead atoms. The van der Waals surface area contributed by atoms with Crippen molar-refractivity contribution in [1.82, 2.24) is 0 Å². The van der Waals surface area contributed by atoms with Gasteiger partial charge in [0.1, 0.15) is 0 Å². The van der Waals surface area contributed by atoms with Gasteiger partial charge >= 0.3 is 5.97 Å². The van der Waals surface area contributed by atoms with Crippen molar-refractivity contribution in [3.05, 3.63) is 0 Å². The molecule has 0 aliphatic carbocycles. The van der Waals surface area contributed by atoms with E-state index in [0.29, 0.717) is 0 Å². The molecule has 1 atom stereocenters. The molecule has 0 aromatic heterocycles. The molecule has 0 aliphatic rings. The fraction of sp³-hybridized carbons (Fsp3) is 0.875. The molecule has 0 fully saturated rings. The maximum atomic E-state index is 10.8. The molecule has 4 heteroatoms. The summed E-state index contributed by atoms with van der Waals surface area (Å²) in [7, 11) is 0. The number of ether oxygens (including phenoxy) is 1. The average Bonchev–Trinajstić information content (AvgIpc) is 2.12. The summed E-state index contributed by atoms with van der Waals surface area (Å²) in [5.74, 6) is 4.18. The van der Waals surface area contributed by atoms with E-state index in [0.717, 1.165) is 12.8 Å². The van der Waals surface area contributed by atoms with E-state index in [1.165, 1.54) is 0 Å². The summed E-state index contributed by atoms with van der Waals surface area (Å²) >= 11 is 0. The third-order valence-electron chi connectivity index (χ3n) is 1.76. The topological polar surface area (TPSA) is 61.5 Å². The summed E-state index contributed by atoms with van der Waals surface area (Å²) < 4.78 is 5.35. The number of carbonyl (C=O) groups excluding carboxylic acids is 1. The minimum atomic E-state index is -0.570. The predicted molar refractivity (Wildman–Crippen MR) is 45.2 cm³/mol. The minimum Gasteiger partial charge on any atom is -0.371 e. The highest BCUT2D eigenvalue weighted by atomic mass is 16.7. The van der Waals surface area contributed by atoms with E-state index in [-0.39, 0.29) is 6.10 Å². The summed E-state index contributed by atoms with van der Waals surface area (Å²) in [5, 5.41) is 0. The van der Waals surface area contributed by atoms with Crippen molar-refractivity contribution in [3.63, 3.8) is 0 Å². The first-order chi connectivity index (χ1) is 5.65. The Morgan fingerprint density at radius 2 is 1.92 bits per heavy atom. The van der Waals surface area contributed by atoms with Crippen LogP contribution in [0.25, 0.3) is 0 Å². The molecule has 2 N–H and O–H groups in total. The Labute approximate surface area is 73.0 Å². The fourth-order valence-corrected chi connectivity index (χ4v) is 0.921. The smallest absolute Gasteiger partial charge is 0.353 e. The predicted octanol–water partition coefficient (Wildman–Crippen LogP) is 0.997. The summed E-state index contributed by atoms with van der Waals surface area (Å²) in [4.78, 5) is 14.8. The van der Waals surface area contributed by atoms with Crippen molar-refractivity contribution in [2.24, 2.45) is 5.90 Å². The van der Waals surface area contributed by atoms with Gasteiger partial charge in [-0.2, -0.15) is 5.90 Å². The molecule has 0 aliphatic heterocycles. The van der Waals surface area contributed by atoms with Gasteiger partial charge in [0.2, 0.25) is 0 Å². The Morgan fingerprint density at radius 3 is 2.25 bits per heavy atom. The number of nitrogens with two attached hydrogens (primary N) is 1. The molecule has 0 radical (unpaired) electrons. The fourth-order valence-electron chi connectivity index (χ4n) is 0.921. The van der Waals surface area contributed by atoms with Crippen LogP contribution in [0.5, 0.6) is 0 Å². The Morgan fingerprint density at radius 1 is 1.42 bits per heavy atom. The largest absolute Gasteiger partial charge is 0.371 e. The van der Waals surface area contributed by atoms with Crippen molar-refractivity contribution in [2.75, 3.05) is 0 Å². The lowest BCUT2D eigenvalue weighted by molar-refractivity contribution is -0.160. The number of hydrogen-bond acceptors (Lipinski definition) is 4. The molecule has 0 aromatic carbocycles. The lowest BCUT2D eigenvalue weighted by Gasteiger charge is -2.17. The highest BCUT2D eigenvalue weighted by molar-refractivity contribution is 5.73. The molecule has 0 saturated heterocycles. The Bertz CT molecular complexity index is 134. The molecule has 0 saturated carbocycles. The van der Waals surface area contributed by atoms with Crippen LogP contribution in [-0.2, 0) is 14.4 Å². The van der Waals surface area contributed by atoms with Crippen molar-refractivity contribution < 1.29 is 14.4 Å². The van der Waals surface area contributed by atoms with Crippen molar-refractivity contribution >= 4 is 5.97 Å². The van der Waals surface area contributed by atoms with E-state index in [9.17, 15) is 4.79 Å². The van der Waals surface area contributed by atoms with Crippen LogP contribution in [0.2, 0.25) is 0 Å². The Kier molecular flexibility index (Phi) is 5.66. The van der Waals surface area contributed by atoms with Crippen LogP contribution < -0.4 is 5.90 Å². The number of hydrogen-bond donors (Lipinski definition) is 1. The van der Waals surface area contributed by atoms with E-state index in [1.54, 1.807) is 6.92 Å². The van der Waals surface area contributed by atoms with Gasteiger partial charge in [-0.1, -0.05) is 13.8 Å². The van der Waals surface area contributed by atoms with Crippen LogP contribution in [0.4, 0.5) is 0 Å². The number of carbonyl (C=O) groups is 1. The maximum Gasteiger partial charge on any atom is 0.353 e. The van der Waals surface area contributed by atoms with Gasteiger partial charge in [0.05, 0.1) is 6.10 Å². The van der Waals surface area contributed by atoms with Gasteiger partial charge in [-0.25, -0.2) is 4.79 Å². The Balaban J connectivity index is 3.80. The highest BCUT2D eigenvalue weighted by Crippen LogP contribution is 2.06. The van der Waals surface area contributed by atoms with Gasteiger partial charge < -0.3 is 9.57 Å². The molecular weight excluding hydrogens is 158 g/mol. The number of rotatable bonds is 5. The van der Waals surface area contributed by atoms with E-state index >= 15 is 0 Å². The standard InChI is InChI=1S/C8H17NO3/c1-4-7(5-2)11-6(3)8(10)12-9/h6-7H,4-5,9H2,1-3H3. The first-order valence-electron chi connectivity index (χ1n) is 4.21. The van der Waals surface area contributed by atoms with Crippen LogP contribution in [0.15, 0.2) is 0 Å². The molecule has 4 nitrogen and oxygen atoms in total. The van der Waals surface area contributed by atoms with Gasteiger partial charge in [-0.05, 0) is 19.8 Å². The second-order valence-electron chi connectivity index (χ2n) is 2.65. The average molecular weight is 175 g/mol. The molecule has 0 spiro atoms. The molecular formula is C8H17NO3. The first kappa shape index (κ1) is 11.4. The summed E-state index contributed by atoms with van der Waals surface area (Å²) in [6, 6.07) is 0. The molecule has 1 unspecified atom stereocenters. The van der Waals surface area contributed by atoms with Crippen LogP contribution in [0.1, 0.15) is 33.6 Å². The van der Waals surface area contributed by atoms with Gasteiger partial charge in [0.15, 0.2) is 6.10 Å². The summed E-state index contributed by atoms with van der Waals surface area (Å²) in [6.45, 7) is 5.65. The van der Waals surface area contributed by atoms with Gasteiger partial charge in [0, 0.05) is 0 Å². The van der Waals surface area contributed by atoms with Crippen molar-refractivity contribution in [3.8, 4) is 0 Å². The minimum absolute atomic E-state index is 0.110. The maximum absolute atomic E-state index is 10.8. The van der Waals surface area contributed by atoms with E-state index in [4.69, 9.17) is 10.6 Å². The lowest BCUT2D eigenvalue weighted by atomic mass is 10.2. The van der Waals surface area contributed by atoms with Crippen LogP contribution in [0, 0.1) is 0 Å². The molecule has 0 aromatic rings. The lowest BCUT2D eigenvalue weighted by Crippen LogP contribution is -2.29. The highest BCUT2D eigenvalue weighted by Gasteiger charge is 2.17. The normalized spacial score (nSPS) is 13.1. The zero-order chi connectivity index (χ0) is 9.56. The SMILES string of the molecule is CCC(CC)OC(C)C(=O)ON. The molecule has 0 amide bonds. The zero-order valence-electron chi connectivity index (χ0n) is 7.87. The summed E-state index contributed by atoms with van der Waals surface area (Å²) in [5.41, 5.74) is 0. The van der Waals surface area contributed by atoms with E-state index in [2.05, 4.69) is 4.84 Å². The van der Waals surface area contributed by atoms with Crippen molar-refractivity contribution in [1.29, 1.82) is 0 Å².